The van der Waals surface area contributed by atoms with Crippen LogP contribution in [-0.2, 0) is 17.9 Å². The fourth-order valence-corrected chi connectivity index (χ4v) is 2.23. The van der Waals surface area contributed by atoms with E-state index in [1.807, 2.05) is 59.3 Å². The van der Waals surface area contributed by atoms with Crippen molar-refractivity contribution in [3.8, 4) is 0 Å². The van der Waals surface area contributed by atoms with Gasteiger partial charge < -0.3 is 9.36 Å². The summed E-state index contributed by atoms with van der Waals surface area (Å²) >= 11 is 0. The Labute approximate surface area is 141 Å². The second-order valence-electron chi connectivity index (χ2n) is 5.15. The number of hydrogen-bond donors (Lipinski definition) is 0. The number of rotatable bonds is 5. The molecule has 3 rings (SSSR count). The first-order valence-electron chi connectivity index (χ1n) is 7.64. The zero-order chi connectivity index (χ0) is 17.2. The summed E-state index contributed by atoms with van der Waals surface area (Å²) in [4.78, 5) is 12.8. The van der Waals surface area contributed by atoms with E-state index in [0.29, 0.717) is 12.2 Å². The molecule has 0 fully saturated rings. The van der Waals surface area contributed by atoms with Crippen LogP contribution in [0, 0.1) is 0 Å². The van der Waals surface area contributed by atoms with Crippen LogP contribution in [0.5, 0.6) is 0 Å². The molecule has 0 N–H and O–H groups in total. The molecule has 0 spiro atoms. The van der Waals surface area contributed by atoms with Gasteiger partial charge in [-0.15, -0.1) is 0 Å². The Balaban J connectivity index is 0.000000647. The minimum atomic E-state index is 0.245. The molecule has 1 heterocycles. The number of aromatic nitrogens is 2. The summed E-state index contributed by atoms with van der Waals surface area (Å²) in [6.07, 6.45) is 6.13. The standard InChI is InChI=1S/C17H16FN3.C2H4O/c18-21(13-15-5-2-1-3-6-15)17-8-4-7-16(11-17)12-20-10-9-19-14-20;1-2-3/h1-11,14H,12-13H2;2H,1H3. The van der Waals surface area contributed by atoms with Crippen LogP contribution in [0.15, 0.2) is 73.3 Å². The van der Waals surface area contributed by atoms with Crippen molar-refractivity contribution in [2.45, 2.75) is 20.0 Å². The summed E-state index contributed by atoms with van der Waals surface area (Å²) in [7, 11) is 0. The van der Waals surface area contributed by atoms with Crippen molar-refractivity contribution < 1.29 is 9.28 Å². The normalized spacial score (nSPS) is 9.75. The fourth-order valence-electron chi connectivity index (χ4n) is 2.23. The van der Waals surface area contributed by atoms with Gasteiger partial charge in [0.15, 0.2) is 0 Å². The molecular formula is C19H20FN3O. The average Bonchev–Trinajstić information content (AvgIpc) is 3.10. The second kappa shape index (κ2) is 9.25. The van der Waals surface area contributed by atoms with Crippen molar-refractivity contribution in [2.24, 2.45) is 0 Å². The summed E-state index contributed by atoms with van der Waals surface area (Å²) in [5.74, 6) is 0. The summed E-state index contributed by atoms with van der Waals surface area (Å²) in [6, 6.07) is 17.1. The van der Waals surface area contributed by atoms with E-state index in [9.17, 15) is 4.48 Å². The first kappa shape index (κ1) is 17.4. The number of benzene rings is 2. The highest BCUT2D eigenvalue weighted by Gasteiger charge is 2.07. The molecule has 2 aromatic carbocycles. The third-order valence-electron chi connectivity index (χ3n) is 3.28. The highest BCUT2D eigenvalue weighted by Crippen LogP contribution is 2.19. The van der Waals surface area contributed by atoms with E-state index < -0.39 is 0 Å². The SMILES string of the molecule is CC=O.FN(Cc1ccccc1)c1cccc(Cn2ccnc2)c1. The molecule has 124 valence electrons. The van der Waals surface area contributed by atoms with Crippen molar-refractivity contribution in [3.63, 3.8) is 0 Å². The fraction of sp³-hybridized carbons (Fsp3) is 0.158. The van der Waals surface area contributed by atoms with Gasteiger partial charge in [-0.3, -0.25) is 0 Å². The smallest absolute Gasteiger partial charge is 0.116 e. The maximum absolute atomic E-state index is 14.3. The Morgan fingerprint density at radius 1 is 1.12 bits per heavy atom. The minimum Gasteiger partial charge on any atom is -0.333 e. The van der Waals surface area contributed by atoms with Gasteiger partial charge in [-0.05, 0) is 30.2 Å². The summed E-state index contributed by atoms with van der Waals surface area (Å²) in [5, 5.41) is 0.771. The molecule has 0 saturated carbocycles. The number of nitrogens with zero attached hydrogens (tertiary/aromatic N) is 3. The Kier molecular flexibility index (Phi) is 6.71. The van der Waals surface area contributed by atoms with E-state index in [1.54, 1.807) is 18.6 Å². The number of anilines is 1. The molecule has 0 radical (unpaired) electrons. The maximum Gasteiger partial charge on any atom is 0.116 e. The number of imidazole rings is 1. The molecule has 1 aromatic heterocycles. The lowest BCUT2D eigenvalue weighted by Gasteiger charge is -2.15. The summed E-state index contributed by atoms with van der Waals surface area (Å²) in [5.41, 5.74) is 2.55. The molecule has 0 saturated heterocycles. The van der Waals surface area contributed by atoms with Gasteiger partial charge in [0, 0.05) is 18.9 Å². The van der Waals surface area contributed by atoms with Crippen molar-refractivity contribution in [3.05, 3.63) is 84.4 Å². The van der Waals surface area contributed by atoms with Crippen LogP contribution in [0.3, 0.4) is 0 Å². The van der Waals surface area contributed by atoms with Gasteiger partial charge in [0.2, 0.25) is 0 Å². The number of carbonyl (C=O) groups excluding carboxylic acids is 1. The lowest BCUT2D eigenvalue weighted by atomic mass is 10.2. The lowest BCUT2D eigenvalue weighted by Crippen LogP contribution is -2.11. The van der Waals surface area contributed by atoms with Crippen LogP contribution in [0.1, 0.15) is 18.1 Å². The third kappa shape index (κ3) is 5.35. The highest BCUT2D eigenvalue weighted by molar-refractivity contribution is 5.47. The molecule has 0 unspecified atom stereocenters. The van der Waals surface area contributed by atoms with Crippen LogP contribution in [-0.4, -0.2) is 15.8 Å². The molecule has 0 atom stereocenters. The van der Waals surface area contributed by atoms with Gasteiger partial charge in [-0.1, -0.05) is 46.9 Å². The number of carbonyl (C=O) groups is 1. The van der Waals surface area contributed by atoms with Crippen LogP contribution in [0.4, 0.5) is 10.2 Å². The molecule has 0 aliphatic rings. The first-order valence-corrected chi connectivity index (χ1v) is 7.64. The highest BCUT2D eigenvalue weighted by atomic mass is 19.2. The summed E-state index contributed by atoms with van der Waals surface area (Å²) < 4.78 is 16.3. The number of aldehydes is 1. The Morgan fingerprint density at radius 2 is 1.83 bits per heavy atom. The number of halogens is 1. The largest absolute Gasteiger partial charge is 0.333 e. The average molecular weight is 325 g/mol. The quantitative estimate of drug-likeness (QED) is 0.525. The molecule has 5 heteroatoms. The van der Waals surface area contributed by atoms with Crippen molar-refractivity contribution >= 4 is 12.0 Å². The zero-order valence-corrected chi connectivity index (χ0v) is 13.5. The van der Waals surface area contributed by atoms with E-state index in [4.69, 9.17) is 4.79 Å². The monoisotopic (exact) mass is 325 g/mol. The van der Waals surface area contributed by atoms with Crippen molar-refractivity contribution in [1.82, 2.24) is 9.55 Å². The lowest BCUT2D eigenvalue weighted by molar-refractivity contribution is -0.106. The molecule has 0 aliphatic heterocycles. The first-order chi connectivity index (χ1) is 11.7. The van der Waals surface area contributed by atoms with Gasteiger partial charge in [-0.25, -0.2) is 10.1 Å². The van der Waals surface area contributed by atoms with E-state index in [-0.39, 0.29) is 6.54 Å². The molecule has 0 bridgehead atoms. The Bertz CT molecular complexity index is 729. The second-order valence-corrected chi connectivity index (χ2v) is 5.15. The molecular weight excluding hydrogens is 305 g/mol. The zero-order valence-electron chi connectivity index (χ0n) is 13.5. The minimum absolute atomic E-state index is 0.245. The molecule has 4 nitrogen and oxygen atoms in total. The van der Waals surface area contributed by atoms with Gasteiger partial charge in [0.1, 0.15) is 6.29 Å². The molecule has 0 aliphatic carbocycles. The van der Waals surface area contributed by atoms with Crippen LogP contribution in [0.25, 0.3) is 0 Å². The van der Waals surface area contributed by atoms with E-state index in [1.165, 1.54) is 6.92 Å². The van der Waals surface area contributed by atoms with Gasteiger partial charge in [0.05, 0.1) is 18.6 Å². The third-order valence-corrected chi connectivity index (χ3v) is 3.28. The Morgan fingerprint density at radius 3 is 2.50 bits per heavy atom. The van der Waals surface area contributed by atoms with Crippen molar-refractivity contribution in [2.75, 3.05) is 5.12 Å². The van der Waals surface area contributed by atoms with E-state index in [0.717, 1.165) is 22.5 Å². The van der Waals surface area contributed by atoms with Gasteiger partial charge >= 0.3 is 0 Å². The number of hydrogen-bond acceptors (Lipinski definition) is 3. The predicted octanol–water partition coefficient (Wildman–Crippen LogP) is 4.03. The van der Waals surface area contributed by atoms with E-state index >= 15 is 0 Å². The van der Waals surface area contributed by atoms with E-state index in [2.05, 4.69) is 4.98 Å². The topological polar surface area (TPSA) is 38.1 Å². The predicted molar refractivity (Wildman–Crippen MR) is 93.2 cm³/mol. The van der Waals surface area contributed by atoms with Gasteiger partial charge in [0.25, 0.3) is 0 Å². The Hall–Kier alpha value is -2.95. The van der Waals surface area contributed by atoms with Crippen LogP contribution < -0.4 is 5.12 Å². The van der Waals surface area contributed by atoms with Gasteiger partial charge in [-0.2, -0.15) is 0 Å². The molecule has 3 aromatic rings. The van der Waals surface area contributed by atoms with Crippen molar-refractivity contribution in [1.29, 1.82) is 0 Å². The van der Waals surface area contributed by atoms with Crippen LogP contribution >= 0.6 is 0 Å². The van der Waals surface area contributed by atoms with Crippen LogP contribution in [0.2, 0.25) is 0 Å². The molecule has 0 amide bonds. The maximum atomic E-state index is 14.3. The summed E-state index contributed by atoms with van der Waals surface area (Å²) in [6.45, 7) is 2.38. The molecule has 24 heavy (non-hydrogen) atoms.